The second kappa shape index (κ2) is 8.19. The van der Waals surface area contributed by atoms with Gasteiger partial charge in [0.15, 0.2) is 0 Å². The van der Waals surface area contributed by atoms with Crippen molar-refractivity contribution in [2.75, 3.05) is 6.54 Å². The largest absolute Gasteiger partial charge is 0.352 e. The van der Waals surface area contributed by atoms with Crippen molar-refractivity contribution in [1.29, 1.82) is 0 Å². The lowest BCUT2D eigenvalue weighted by atomic mass is 10.2. The first-order valence-corrected chi connectivity index (χ1v) is 7.78. The quantitative estimate of drug-likeness (QED) is 0.609. The molecule has 114 valence electrons. The summed E-state index contributed by atoms with van der Waals surface area (Å²) in [5.74, 6) is 0.598. The van der Waals surface area contributed by atoms with Gasteiger partial charge in [-0.15, -0.1) is 11.7 Å². The summed E-state index contributed by atoms with van der Waals surface area (Å²) in [4.78, 5) is 16.1. The Labute approximate surface area is 133 Å². The van der Waals surface area contributed by atoms with Crippen LogP contribution >= 0.6 is 11.8 Å². The van der Waals surface area contributed by atoms with Gasteiger partial charge in [-0.25, -0.2) is 4.98 Å². The third-order valence-corrected chi connectivity index (χ3v) is 3.75. The van der Waals surface area contributed by atoms with E-state index < -0.39 is 0 Å². The molecule has 0 radical (unpaired) electrons. The van der Waals surface area contributed by atoms with E-state index in [4.69, 9.17) is 0 Å². The average molecular weight is 314 g/mol. The molecule has 22 heavy (non-hydrogen) atoms. The Hall–Kier alpha value is -2.34. The SMILES string of the molecule is C=CCNC(=O)C(C)Sc1n[nH]c(/C=C/c2ccccc2)n1. The highest BCUT2D eigenvalue weighted by atomic mass is 32.2. The Bertz CT molecular complexity index is 651. The van der Waals surface area contributed by atoms with Crippen molar-refractivity contribution in [2.24, 2.45) is 0 Å². The molecule has 6 heteroatoms. The highest BCUT2D eigenvalue weighted by molar-refractivity contribution is 8.00. The molecular formula is C16H18N4OS. The predicted molar refractivity (Wildman–Crippen MR) is 90.3 cm³/mol. The zero-order valence-corrected chi connectivity index (χ0v) is 13.1. The first-order chi connectivity index (χ1) is 10.7. The Balaban J connectivity index is 1.92. The van der Waals surface area contributed by atoms with Crippen LogP contribution in [-0.4, -0.2) is 32.9 Å². The summed E-state index contributed by atoms with van der Waals surface area (Å²) >= 11 is 1.31. The Morgan fingerprint density at radius 3 is 2.91 bits per heavy atom. The number of aromatic amines is 1. The molecule has 0 bridgehead atoms. The fourth-order valence-electron chi connectivity index (χ4n) is 1.65. The number of aromatic nitrogens is 3. The first kappa shape index (κ1) is 16.0. The van der Waals surface area contributed by atoms with Gasteiger partial charge in [0.1, 0.15) is 5.82 Å². The first-order valence-electron chi connectivity index (χ1n) is 6.90. The maximum Gasteiger partial charge on any atom is 0.233 e. The van der Waals surface area contributed by atoms with E-state index in [2.05, 4.69) is 27.1 Å². The fraction of sp³-hybridized carbons (Fsp3) is 0.188. The molecule has 0 saturated carbocycles. The van der Waals surface area contributed by atoms with Crippen LogP contribution in [0.15, 0.2) is 48.1 Å². The van der Waals surface area contributed by atoms with Crippen molar-refractivity contribution in [3.8, 4) is 0 Å². The van der Waals surface area contributed by atoms with Crippen LogP contribution in [-0.2, 0) is 4.79 Å². The van der Waals surface area contributed by atoms with Crippen LogP contribution in [0.1, 0.15) is 18.3 Å². The minimum atomic E-state index is -0.262. The fourth-order valence-corrected chi connectivity index (χ4v) is 2.41. The molecule has 1 amide bonds. The number of H-pyrrole nitrogens is 1. The maximum atomic E-state index is 11.8. The number of hydrogen-bond donors (Lipinski definition) is 2. The normalized spacial score (nSPS) is 12.2. The topological polar surface area (TPSA) is 70.7 Å². The van der Waals surface area contributed by atoms with Crippen molar-refractivity contribution in [1.82, 2.24) is 20.5 Å². The highest BCUT2D eigenvalue weighted by Crippen LogP contribution is 2.19. The molecule has 0 aliphatic carbocycles. The van der Waals surface area contributed by atoms with Gasteiger partial charge in [0, 0.05) is 6.54 Å². The number of carbonyl (C=O) groups excluding carboxylic acids is 1. The molecule has 0 saturated heterocycles. The molecule has 0 aliphatic rings. The second-order valence-electron chi connectivity index (χ2n) is 4.54. The number of thioether (sulfide) groups is 1. The lowest BCUT2D eigenvalue weighted by Gasteiger charge is -2.07. The monoisotopic (exact) mass is 314 g/mol. The number of nitrogens with zero attached hydrogens (tertiary/aromatic N) is 2. The molecule has 5 nitrogen and oxygen atoms in total. The summed E-state index contributed by atoms with van der Waals surface area (Å²) in [5.41, 5.74) is 1.09. The van der Waals surface area contributed by atoms with Crippen LogP contribution in [0.4, 0.5) is 0 Å². The highest BCUT2D eigenvalue weighted by Gasteiger charge is 2.15. The molecule has 2 aromatic rings. The number of rotatable bonds is 7. The summed E-state index contributed by atoms with van der Waals surface area (Å²) in [7, 11) is 0. The summed E-state index contributed by atoms with van der Waals surface area (Å²) in [5, 5.41) is 9.99. The van der Waals surface area contributed by atoms with Crippen molar-refractivity contribution >= 4 is 29.8 Å². The van der Waals surface area contributed by atoms with E-state index in [1.807, 2.05) is 49.4 Å². The van der Waals surface area contributed by atoms with Crippen molar-refractivity contribution < 1.29 is 4.79 Å². The van der Waals surface area contributed by atoms with E-state index in [9.17, 15) is 4.79 Å². The van der Waals surface area contributed by atoms with Crippen LogP contribution < -0.4 is 5.32 Å². The molecule has 0 aliphatic heterocycles. The van der Waals surface area contributed by atoms with E-state index in [-0.39, 0.29) is 11.2 Å². The van der Waals surface area contributed by atoms with E-state index in [1.54, 1.807) is 6.08 Å². The van der Waals surface area contributed by atoms with E-state index in [0.717, 1.165) is 5.56 Å². The zero-order chi connectivity index (χ0) is 15.8. The standard InChI is InChI=1S/C16H18N4OS/c1-3-11-17-15(21)12(2)22-16-18-14(19-20-16)10-9-13-7-5-4-6-8-13/h3-10,12H,1,11H2,2H3,(H,17,21)(H,18,19,20)/b10-9+. The van der Waals surface area contributed by atoms with E-state index in [0.29, 0.717) is 17.5 Å². The van der Waals surface area contributed by atoms with Gasteiger partial charge in [0.2, 0.25) is 11.1 Å². The lowest BCUT2D eigenvalue weighted by molar-refractivity contribution is -0.120. The molecule has 0 spiro atoms. The Kier molecular flexibility index (Phi) is 5.97. The summed E-state index contributed by atoms with van der Waals surface area (Å²) < 4.78 is 0. The lowest BCUT2D eigenvalue weighted by Crippen LogP contribution is -2.30. The van der Waals surface area contributed by atoms with E-state index in [1.165, 1.54) is 11.8 Å². The summed E-state index contributed by atoms with van der Waals surface area (Å²) in [6.45, 7) is 5.85. The van der Waals surface area contributed by atoms with Crippen molar-refractivity contribution in [3.63, 3.8) is 0 Å². The third-order valence-electron chi connectivity index (χ3n) is 2.79. The number of hydrogen-bond acceptors (Lipinski definition) is 4. The molecular weight excluding hydrogens is 296 g/mol. The van der Waals surface area contributed by atoms with Gasteiger partial charge in [-0.3, -0.25) is 9.89 Å². The second-order valence-corrected chi connectivity index (χ2v) is 5.85. The van der Waals surface area contributed by atoms with Crippen LogP contribution in [0, 0.1) is 0 Å². The maximum absolute atomic E-state index is 11.8. The molecule has 0 fully saturated rings. The molecule has 2 rings (SSSR count). The van der Waals surface area contributed by atoms with Gasteiger partial charge in [-0.2, -0.15) is 0 Å². The smallest absolute Gasteiger partial charge is 0.233 e. The van der Waals surface area contributed by atoms with Crippen LogP contribution in [0.5, 0.6) is 0 Å². The van der Waals surface area contributed by atoms with Crippen LogP contribution in [0.25, 0.3) is 12.2 Å². The summed E-state index contributed by atoms with van der Waals surface area (Å²) in [6, 6.07) is 9.94. The minimum absolute atomic E-state index is 0.0592. The minimum Gasteiger partial charge on any atom is -0.352 e. The molecule has 1 aromatic heterocycles. The van der Waals surface area contributed by atoms with Crippen molar-refractivity contribution in [3.05, 3.63) is 54.4 Å². The molecule has 1 aromatic carbocycles. The van der Waals surface area contributed by atoms with Gasteiger partial charge < -0.3 is 5.32 Å². The number of benzene rings is 1. The molecule has 2 N–H and O–H groups in total. The predicted octanol–water partition coefficient (Wildman–Crippen LogP) is 2.76. The van der Waals surface area contributed by atoms with Crippen molar-refractivity contribution in [2.45, 2.75) is 17.3 Å². The van der Waals surface area contributed by atoms with Gasteiger partial charge in [0.05, 0.1) is 5.25 Å². The average Bonchev–Trinajstić information content (AvgIpc) is 2.99. The summed E-state index contributed by atoms with van der Waals surface area (Å²) in [6.07, 6.45) is 5.46. The number of carbonyl (C=O) groups is 1. The van der Waals surface area contributed by atoms with Gasteiger partial charge in [-0.05, 0) is 18.6 Å². The molecule has 1 heterocycles. The third kappa shape index (κ3) is 4.89. The van der Waals surface area contributed by atoms with Gasteiger partial charge in [-0.1, -0.05) is 54.2 Å². The van der Waals surface area contributed by atoms with Gasteiger partial charge in [0.25, 0.3) is 0 Å². The zero-order valence-electron chi connectivity index (χ0n) is 12.3. The Morgan fingerprint density at radius 1 is 1.41 bits per heavy atom. The van der Waals surface area contributed by atoms with Crippen LogP contribution in [0.2, 0.25) is 0 Å². The number of amides is 1. The molecule has 1 unspecified atom stereocenters. The molecule has 1 atom stereocenters. The van der Waals surface area contributed by atoms with E-state index >= 15 is 0 Å². The van der Waals surface area contributed by atoms with Gasteiger partial charge >= 0.3 is 0 Å². The van der Waals surface area contributed by atoms with Crippen LogP contribution in [0.3, 0.4) is 0 Å². The number of nitrogens with one attached hydrogen (secondary N) is 2. The Morgan fingerprint density at radius 2 is 2.18 bits per heavy atom.